The molecule has 0 radical (unpaired) electrons. The Balaban J connectivity index is 1.76. The largest absolute Gasteiger partial charge is 0.468 e. The average molecular weight is 453 g/mol. The van der Waals surface area contributed by atoms with Gasteiger partial charge in [-0.15, -0.1) is 0 Å². The van der Waals surface area contributed by atoms with E-state index in [0.717, 1.165) is 11.1 Å². The number of aldehydes is 1. The zero-order chi connectivity index (χ0) is 24.0. The second-order valence-electron chi connectivity index (χ2n) is 8.31. The van der Waals surface area contributed by atoms with E-state index in [4.69, 9.17) is 14.5 Å². The minimum Gasteiger partial charge on any atom is -0.468 e. The number of carbonyl (C=O) groups is 2. The topological polar surface area (TPSA) is 129 Å². The first-order valence-corrected chi connectivity index (χ1v) is 10.8. The summed E-state index contributed by atoms with van der Waals surface area (Å²) in [5, 5.41) is 26.1. The molecule has 174 valence electrons. The molecule has 1 amide bonds. The smallest absolute Gasteiger partial charge is 0.255 e. The summed E-state index contributed by atoms with van der Waals surface area (Å²) in [5.74, 6) is 0.513. The number of aliphatic hydroxyl groups is 1. The van der Waals surface area contributed by atoms with E-state index in [1.807, 2.05) is 44.0 Å². The van der Waals surface area contributed by atoms with Crippen LogP contribution in [0.4, 0.5) is 0 Å². The van der Waals surface area contributed by atoms with Gasteiger partial charge in [-0.3, -0.25) is 9.59 Å². The molecule has 0 spiro atoms. The third-order valence-electron chi connectivity index (χ3n) is 5.52. The van der Waals surface area contributed by atoms with Gasteiger partial charge < -0.3 is 24.6 Å². The molecular weight excluding hydrogens is 424 g/mol. The number of allylic oxidation sites excluding steroid dienone is 1. The zero-order valence-electron chi connectivity index (χ0n) is 18.9. The summed E-state index contributed by atoms with van der Waals surface area (Å²) in [4.78, 5) is 25.4. The van der Waals surface area contributed by atoms with Crippen LogP contribution in [0.3, 0.4) is 0 Å². The van der Waals surface area contributed by atoms with Crippen molar-refractivity contribution >= 4 is 17.8 Å². The van der Waals surface area contributed by atoms with Gasteiger partial charge >= 0.3 is 0 Å². The Morgan fingerprint density at radius 1 is 1.39 bits per heavy atom. The highest BCUT2D eigenvalue weighted by Gasteiger charge is 2.35. The van der Waals surface area contributed by atoms with Gasteiger partial charge in [-0.2, -0.15) is 5.26 Å². The third kappa shape index (κ3) is 5.99. The minimum atomic E-state index is -0.642. The summed E-state index contributed by atoms with van der Waals surface area (Å²) in [6.45, 7) is 6.02. The predicted octanol–water partition coefficient (Wildman–Crippen LogP) is 2.43. The fourth-order valence-electron chi connectivity index (χ4n) is 3.74. The highest BCUT2D eigenvalue weighted by atomic mass is 16.5. The van der Waals surface area contributed by atoms with E-state index in [0.29, 0.717) is 30.6 Å². The molecule has 9 nitrogen and oxygen atoms in total. The van der Waals surface area contributed by atoms with E-state index in [2.05, 4.69) is 16.5 Å². The fourth-order valence-corrected chi connectivity index (χ4v) is 3.74. The second kappa shape index (κ2) is 10.8. The van der Waals surface area contributed by atoms with Gasteiger partial charge in [0, 0.05) is 30.8 Å². The second-order valence-corrected chi connectivity index (χ2v) is 8.31. The van der Waals surface area contributed by atoms with Crippen LogP contribution >= 0.6 is 0 Å². The summed E-state index contributed by atoms with van der Waals surface area (Å²) in [6, 6.07) is 9.93. The molecule has 1 saturated heterocycles. The first-order valence-electron chi connectivity index (χ1n) is 10.8. The zero-order valence-corrected chi connectivity index (χ0v) is 18.9. The molecule has 1 aromatic heterocycles. The molecule has 3 rings (SSSR count). The molecule has 0 aliphatic carbocycles. The van der Waals surface area contributed by atoms with Crippen LogP contribution in [0.2, 0.25) is 0 Å². The van der Waals surface area contributed by atoms with Gasteiger partial charge in [0.1, 0.15) is 12.6 Å². The van der Waals surface area contributed by atoms with Crippen LogP contribution in [-0.4, -0.2) is 52.7 Å². The van der Waals surface area contributed by atoms with Crippen molar-refractivity contribution < 1.29 is 24.0 Å². The fraction of sp³-hybridized carbons (Fsp3) is 0.417. The maximum Gasteiger partial charge on any atom is 0.255 e. The first-order chi connectivity index (χ1) is 15.8. The summed E-state index contributed by atoms with van der Waals surface area (Å²) >= 11 is 0. The number of ether oxygens (including phenoxy) is 1. The molecule has 0 saturated carbocycles. The van der Waals surface area contributed by atoms with Crippen molar-refractivity contribution in [2.75, 3.05) is 13.2 Å². The summed E-state index contributed by atoms with van der Waals surface area (Å²) in [6.07, 6.45) is 2.11. The molecule has 3 atom stereocenters. The highest BCUT2D eigenvalue weighted by molar-refractivity contribution is 5.83. The van der Waals surface area contributed by atoms with E-state index >= 15 is 0 Å². The number of nitriles is 1. The lowest BCUT2D eigenvalue weighted by Crippen LogP contribution is -2.42. The Labute approximate surface area is 192 Å². The van der Waals surface area contributed by atoms with Gasteiger partial charge in [0.2, 0.25) is 5.91 Å². The van der Waals surface area contributed by atoms with Crippen molar-refractivity contribution in [3.05, 3.63) is 53.4 Å². The average Bonchev–Trinajstić information content (AvgIpc) is 3.42. The monoisotopic (exact) mass is 452 g/mol. The number of aromatic nitrogens is 1. The number of hydrogen-bond acceptors (Lipinski definition) is 8. The predicted molar refractivity (Wildman–Crippen MR) is 120 cm³/mol. The van der Waals surface area contributed by atoms with Gasteiger partial charge in [0.15, 0.2) is 12.0 Å². The Kier molecular flexibility index (Phi) is 7.85. The number of rotatable bonds is 9. The van der Waals surface area contributed by atoms with E-state index in [1.54, 1.807) is 18.2 Å². The molecule has 1 aromatic carbocycles. The molecule has 0 bridgehead atoms. The van der Waals surface area contributed by atoms with Gasteiger partial charge in [-0.25, -0.2) is 0 Å². The van der Waals surface area contributed by atoms with Crippen molar-refractivity contribution in [3.8, 4) is 11.9 Å². The molecular formula is C24H28N4O5. The number of nitrogens with one attached hydrogen (secondary N) is 1. The normalized spacial score (nSPS) is 19.3. The molecule has 2 aromatic rings. The number of aliphatic hydroxyl groups excluding tert-OH is 1. The van der Waals surface area contributed by atoms with Crippen LogP contribution in [0.1, 0.15) is 50.1 Å². The van der Waals surface area contributed by atoms with E-state index in [-0.39, 0.29) is 30.4 Å². The molecule has 2 N–H and O–H groups in total. The SMILES string of the molecule is CC(C)C(=CN1C[C@H](O)C[C@H]1C(=O)N[C@@H](C)c1ccc(C#N)cc1)c1cc(OCC=O)no1. The lowest BCUT2D eigenvalue weighted by molar-refractivity contribution is -0.125. The van der Waals surface area contributed by atoms with Gasteiger partial charge in [0.25, 0.3) is 5.88 Å². The number of benzene rings is 1. The molecule has 9 heteroatoms. The highest BCUT2D eigenvalue weighted by Crippen LogP contribution is 2.29. The van der Waals surface area contributed by atoms with Gasteiger partial charge in [-0.05, 0) is 35.7 Å². The molecule has 33 heavy (non-hydrogen) atoms. The lowest BCUT2D eigenvalue weighted by Gasteiger charge is -2.25. The van der Waals surface area contributed by atoms with Crippen LogP contribution in [0.25, 0.3) is 5.57 Å². The summed E-state index contributed by atoms with van der Waals surface area (Å²) in [5.41, 5.74) is 2.23. The first kappa shape index (κ1) is 24.0. The maximum atomic E-state index is 13.1. The number of hydrogen-bond donors (Lipinski definition) is 2. The van der Waals surface area contributed by atoms with Crippen LogP contribution in [0.5, 0.6) is 5.88 Å². The third-order valence-corrected chi connectivity index (χ3v) is 5.52. The molecule has 2 heterocycles. The lowest BCUT2D eigenvalue weighted by atomic mass is 10.0. The minimum absolute atomic E-state index is 0.0379. The van der Waals surface area contributed by atoms with Crippen LogP contribution in [-0.2, 0) is 9.59 Å². The molecule has 1 aliphatic heterocycles. The van der Waals surface area contributed by atoms with Gasteiger partial charge in [-0.1, -0.05) is 26.0 Å². The van der Waals surface area contributed by atoms with Crippen molar-refractivity contribution in [1.29, 1.82) is 5.26 Å². The van der Waals surface area contributed by atoms with Gasteiger partial charge in [0.05, 0.1) is 23.8 Å². The molecule has 1 aliphatic rings. The van der Waals surface area contributed by atoms with E-state index in [9.17, 15) is 14.7 Å². The molecule has 0 unspecified atom stereocenters. The number of likely N-dealkylation sites (tertiary alicyclic amines) is 1. The van der Waals surface area contributed by atoms with Crippen LogP contribution in [0, 0.1) is 17.2 Å². The van der Waals surface area contributed by atoms with Crippen molar-refractivity contribution in [2.24, 2.45) is 5.92 Å². The standard InChI is InChI=1S/C24H28N4O5/c1-15(2)20(22-11-23(27-33-22)32-9-8-29)14-28-13-19(30)10-21(28)24(31)26-16(3)18-6-4-17(12-25)5-7-18/h4-8,11,14-16,19,21,30H,9-10,13H2,1-3H3,(H,26,31)/t16-,19+,21-/m0/s1. The number of β-amino-alcohol motifs (C(OH)–C–C–N with tert-alkyl or cyclic N) is 1. The Hall–Kier alpha value is -3.64. The number of nitrogens with zero attached hydrogens (tertiary/aromatic N) is 3. The Bertz CT molecular complexity index is 1040. The van der Waals surface area contributed by atoms with Crippen molar-refractivity contribution in [2.45, 2.75) is 45.4 Å². The van der Waals surface area contributed by atoms with Crippen LogP contribution < -0.4 is 10.1 Å². The number of carbonyl (C=O) groups excluding carboxylic acids is 2. The van der Waals surface area contributed by atoms with Crippen molar-refractivity contribution in [3.63, 3.8) is 0 Å². The quantitative estimate of drug-likeness (QED) is 0.555. The summed E-state index contributed by atoms with van der Waals surface area (Å²) in [7, 11) is 0. The van der Waals surface area contributed by atoms with E-state index in [1.165, 1.54) is 0 Å². The Morgan fingerprint density at radius 3 is 2.76 bits per heavy atom. The van der Waals surface area contributed by atoms with E-state index < -0.39 is 12.1 Å². The number of amides is 1. The van der Waals surface area contributed by atoms with Crippen LogP contribution in [0.15, 0.2) is 41.1 Å². The Morgan fingerprint density at radius 2 is 2.12 bits per heavy atom. The maximum absolute atomic E-state index is 13.1. The molecule has 1 fully saturated rings. The van der Waals surface area contributed by atoms with Crippen molar-refractivity contribution in [1.82, 2.24) is 15.4 Å². The summed E-state index contributed by atoms with van der Waals surface area (Å²) < 4.78 is 10.6.